The van der Waals surface area contributed by atoms with Crippen molar-refractivity contribution in [3.8, 4) is 0 Å². The maximum Gasteiger partial charge on any atom is 0.339 e. The molecule has 0 bridgehead atoms. The van der Waals surface area contributed by atoms with Crippen molar-refractivity contribution in [2.75, 3.05) is 39.6 Å². The molecule has 0 saturated heterocycles. The molecule has 0 N–H and O–H groups in total. The van der Waals surface area contributed by atoms with Crippen molar-refractivity contribution >= 4 is 47.0 Å². The minimum atomic E-state index is -0.540. The quantitative estimate of drug-likeness (QED) is 0.0430. The molecule has 4 rings (SSSR count). The number of carbonyl (C=O) groups excluding carboxylic acids is 4. The van der Waals surface area contributed by atoms with Crippen molar-refractivity contribution in [3.63, 3.8) is 0 Å². The summed E-state index contributed by atoms with van der Waals surface area (Å²) in [5.41, 5.74) is 1.26. The smallest absolute Gasteiger partial charge is 0.339 e. The van der Waals surface area contributed by atoms with Crippen LogP contribution in [-0.2, 0) is 18.9 Å². The Balaban J connectivity index is 1.17. The Bertz CT molecular complexity index is 1470. The van der Waals surface area contributed by atoms with Crippen LogP contribution in [0.15, 0.2) is 56.0 Å². The molecule has 2 aromatic carbocycles. The fourth-order valence-electron chi connectivity index (χ4n) is 6.94. The van der Waals surface area contributed by atoms with E-state index < -0.39 is 11.9 Å². The summed E-state index contributed by atoms with van der Waals surface area (Å²) >= 11 is 2.21. The molecule has 2 aromatic rings. The Morgan fingerprint density at radius 2 is 0.786 bits per heavy atom. The number of ether oxygens (including phenoxy) is 4. The van der Waals surface area contributed by atoms with Gasteiger partial charge in [0.25, 0.3) is 0 Å². The van der Waals surface area contributed by atoms with E-state index >= 15 is 0 Å². The third kappa shape index (κ3) is 14.8. The van der Waals surface area contributed by atoms with Gasteiger partial charge in [0.2, 0.25) is 11.6 Å². The monoisotopic (exact) mass is 808 g/mol. The number of benzene rings is 2. The molecule has 10 heteroatoms. The lowest BCUT2D eigenvalue weighted by atomic mass is 10.0. The summed E-state index contributed by atoms with van der Waals surface area (Å²) in [5.74, 6) is -1.73. The molecule has 0 saturated carbocycles. The highest BCUT2D eigenvalue weighted by Gasteiger charge is 2.39. The Kier molecular flexibility index (Phi) is 22.0. The fourth-order valence-corrected chi connectivity index (χ4v) is 9.44. The van der Waals surface area contributed by atoms with Gasteiger partial charge in [-0.3, -0.25) is 9.59 Å². The van der Waals surface area contributed by atoms with Crippen LogP contribution in [0.3, 0.4) is 0 Å². The molecule has 0 spiro atoms. The fraction of sp³-hybridized carbons (Fsp3) is 0.609. The predicted molar refractivity (Wildman–Crippen MR) is 226 cm³/mol. The minimum Gasteiger partial charge on any atom is -0.460 e. The topological polar surface area (TPSA) is 105 Å². The predicted octanol–water partition coefficient (Wildman–Crippen LogP) is 12.4. The maximum absolute atomic E-state index is 13.6. The molecule has 0 fully saturated rings. The standard InChI is InChI=1S/C46H64O8S2/c1-3-5-7-9-11-13-15-17-19-21-29-51-31-33-53-45(49)37-27-23-25-35-39(47)43(55-41(35)37)44-40(48)36-26-24-28-38(42(36)56-44)46(50)54-34-32-52-30-22-20-18-16-14-12-10-8-6-4-2/h23-28H,3-22,29-34H2,1-2H3/b44-43+. The Morgan fingerprint density at radius 3 is 1.14 bits per heavy atom. The number of ketones is 2. The largest absolute Gasteiger partial charge is 0.460 e. The van der Waals surface area contributed by atoms with Crippen LogP contribution >= 0.6 is 23.5 Å². The van der Waals surface area contributed by atoms with Crippen molar-refractivity contribution in [2.24, 2.45) is 0 Å². The van der Waals surface area contributed by atoms with E-state index in [1.807, 2.05) is 0 Å². The molecule has 2 aliphatic rings. The number of hydrogen-bond donors (Lipinski definition) is 0. The van der Waals surface area contributed by atoms with Crippen molar-refractivity contribution in [1.29, 1.82) is 0 Å². The molecule has 308 valence electrons. The Hall–Kier alpha value is -2.92. The average Bonchev–Trinajstić information content (AvgIpc) is 3.73. The second-order valence-electron chi connectivity index (χ2n) is 14.7. The van der Waals surface area contributed by atoms with Gasteiger partial charge in [-0.15, -0.1) is 0 Å². The molecular weight excluding hydrogens is 745 g/mol. The highest BCUT2D eigenvalue weighted by molar-refractivity contribution is 8.08. The number of hydrogen-bond acceptors (Lipinski definition) is 10. The van der Waals surface area contributed by atoms with E-state index in [1.54, 1.807) is 36.4 Å². The van der Waals surface area contributed by atoms with Crippen LogP contribution in [0.5, 0.6) is 0 Å². The van der Waals surface area contributed by atoms with Crippen LogP contribution < -0.4 is 0 Å². The second kappa shape index (κ2) is 26.9. The molecule has 0 radical (unpaired) electrons. The van der Waals surface area contributed by atoms with Crippen molar-refractivity contribution < 1.29 is 38.1 Å². The van der Waals surface area contributed by atoms with Gasteiger partial charge >= 0.3 is 11.9 Å². The molecule has 8 nitrogen and oxygen atoms in total. The number of allylic oxidation sites excluding steroid dienone is 2. The summed E-state index contributed by atoms with van der Waals surface area (Å²) in [6.45, 7) is 6.59. The number of thioether (sulfide) groups is 2. The molecule has 0 amide bonds. The minimum absolute atomic E-state index is 0.112. The molecule has 0 unspecified atom stereocenters. The van der Waals surface area contributed by atoms with E-state index in [-0.39, 0.29) is 45.7 Å². The van der Waals surface area contributed by atoms with Crippen LogP contribution in [0.4, 0.5) is 0 Å². The number of Topliss-reactive ketones (excluding diaryl/α,β-unsaturated/α-hetero) is 2. The lowest BCUT2D eigenvalue weighted by molar-refractivity contribution is 0.0303. The van der Waals surface area contributed by atoms with Gasteiger partial charge < -0.3 is 18.9 Å². The summed E-state index contributed by atoms with van der Waals surface area (Å²) in [6.07, 6.45) is 25.2. The van der Waals surface area contributed by atoms with Crippen molar-refractivity contribution in [1.82, 2.24) is 0 Å². The summed E-state index contributed by atoms with van der Waals surface area (Å²) in [5, 5.41) is 0. The normalized spacial score (nSPS) is 14.7. The van der Waals surface area contributed by atoms with Gasteiger partial charge in [-0.2, -0.15) is 0 Å². The number of unbranched alkanes of at least 4 members (excludes halogenated alkanes) is 18. The van der Waals surface area contributed by atoms with Gasteiger partial charge in [-0.1, -0.05) is 165 Å². The summed E-state index contributed by atoms with van der Waals surface area (Å²) in [7, 11) is 0. The SMILES string of the molecule is CCCCCCCCCCCCOCCOC(=O)c1cccc2c1S/C(=C1/Sc3c(C(=O)OCCOCCCCCCCCCCCC)cccc3C1=O)C2=O. The molecule has 2 heterocycles. The molecule has 2 aliphatic heterocycles. The number of esters is 2. The summed E-state index contributed by atoms with van der Waals surface area (Å²) in [6, 6.07) is 9.88. The Morgan fingerprint density at radius 1 is 0.446 bits per heavy atom. The molecule has 0 aromatic heterocycles. The Labute approximate surface area is 344 Å². The molecule has 0 atom stereocenters. The highest BCUT2D eigenvalue weighted by Crippen LogP contribution is 2.51. The molecule has 56 heavy (non-hydrogen) atoms. The van der Waals surface area contributed by atoms with Crippen molar-refractivity contribution in [2.45, 2.75) is 152 Å². The van der Waals surface area contributed by atoms with Crippen molar-refractivity contribution in [3.05, 3.63) is 68.5 Å². The van der Waals surface area contributed by atoms with Gasteiger partial charge in [-0.25, -0.2) is 9.59 Å². The number of rotatable bonds is 30. The second-order valence-corrected chi connectivity index (χ2v) is 16.8. The van der Waals surface area contributed by atoms with Gasteiger partial charge in [-0.05, 0) is 37.1 Å². The maximum atomic E-state index is 13.6. The van der Waals surface area contributed by atoms with Gasteiger partial charge in [0.05, 0.1) is 34.2 Å². The zero-order chi connectivity index (χ0) is 39.8. The van der Waals surface area contributed by atoms with E-state index in [9.17, 15) is 19.2 Å². The van der Waals surface area contributed by atoms with E-state index in [1.165, 1.54) is 103 Å². The number of fused-ring (bicyclic) bond motifs is 2. The third-order valence-electron chi connectivity index (χ3n) is 10.2. The summed E-state index contributed by atoms with van der Waals surface area (Å²) in [4.78, 5) is 54.9. The first kappa shape index (κ1) is 45.8. The van der Waals surface area contributed by atoms with Crippen LogP contribution in [0.2, 0.25) is 0 Å². The van der Waals surface area contributed by atoms with E-state index in [4.69, 9.17) is 18.9 Å². The zero-order valence-corrected chi connectivity index (χ0v) is 35.6. The average molecular weight is 809 g/mol. The lowest BCUT2D eigenvalue weighted by Gasteiger charge is -2.09. The van der Waals surface area contributed by atoms with Gasteiger partial charge in [0.15, 0.2) is 0 Å². The summed E-state index contributed by atoms with van der Waals surface area (Å²) < 4.78 is 22.4. The first-order valence-electron chi connectivity index (χ1n) is 21.4. The molecule has 0 aliphatic carbocycles. The third-order valence-corrected chi connectivity index (χ3v) is 12.8. The highest BCUT2D eigenvalue weighted by atomic mass is 32.2. The number of carbonyl (C=O) groups is 4. The van der Waals surface area contributed by atoms with E-state index in [0.717, 1.165) is 49.2 Å². The van der Waals surface area contributed by atoms with Gasteiger partial charge in [0, 0.05) is 34.1 Å². The van der Waals surface area contributed by atoms with Crippen LogP contribution in [0, 0.1) is 0 Å². The zero-order valence-electron chi connectivity index (χ0n) is 33.9. The first-order valence-corrected chi connectivity index (χ1v) is 23.1. The van der Waals surface area contributed by atoms with Crippen LogP contribution in [0.25, 0.3) is 0 Å². The lowest BCUT2D eigenvalue weighted by Crippen LogP contribution is -2.12. The van der Waals surface area contributed by atoms with Gasteiger partial charge in [0.1, 0.15) is 13.2 Å². The van der Waals surface area contributed by atoms with Crippen LogP contribution in [0.1, 0.15) is 184 Å². The van der Waals surface area contributed by atoms with Crippen LogP contribution in [-0.4, -0.2) is 63.1 Å². The van der Waals surface area contributed by atoms with E-state index in [2.05, 4.69) is 13.8 Å². The molecular formula is C46H64O8S2. The first-order chi connectivity index (χ1) is 27.5. The van der Waals surface area contributed by atoms with E-state index in [0.29, 0.717) is 47.3 Å².